The van der Waals surface area contributed by atoms with Crippen molar-refractivity contribution in [3.63, 3.8) is 0 Å². The fourth-order valence-corrected chi connectivity index (χ4v) is 2.80. The molecule has 0 aromatic carbocycles. The van der Waals surface area contributed by atoms with E-state index in [0.717, 1.165) is 31.4 Å². The van der Waals surface area contributed by atoms with Gasteiger partial charge in [-0.1, -0.05) is 15.9 Å². The first-order valence-electron chi connectivity index (χ1n) is 6.53. The molecular formula is C12H17BrN4O3. The summed E-state index contributed by atoms with van der Waals surface area (Å²) in [5, 5.41) is 11.5. The number of amides is 1. The zero-order valence-electron chi connectivity index (χ0n) is 11.0. The van der Waals surface area contributed by atoms with E-state index in [9.17, 15) is 14.9 Å². The van der Waals surface area contributed by atoms with Gasteiger partial charge in [-0.2, -0.15) is 0 Å². The lowest BCUT2D eigenvalue weighted by molar-refractivity contribution is -0.389. The molecule has 0 unspecified atom stereocenters. The summed E-state index contributed by atoms with van der Waals surface area (Å²) in [4.78, 5) is 29.0. The van der Waals surface area contributed by atoms with Crippen molar-refractivity contribution in [2.45, 2.75) is 6.42 Å². The van der Waals surface area contributed by atoms with Crippen LogP contribution in [0.3, 0.4) is 0 Å². The van der Waals surface area contributed by atoms with Crippen LogP contribution in [0, 0.1) is 10.1 Å². The largest absolute Gasteiger partial charge is 0.358 e. The number of hydrogen-bond acceptors (Lipinski definition) is 4. The second kappa shape index (κ2) is 6.85. The van der Waals surface area contributed by atoms with Gasteiger partial charge in [0.1, 0.15) is 0 Å². The molecule has 2 rings (SSSR count). The number of carbonyl (C=O) groups is 1. The Morgan fingerprint density at radius 2 is 2.15 bits per heavy atom. The highest BCUT2D eigenvalue weighted by Gasteiger charge is 2.23. The normalized spacial score (nSPS) is 16.9. The van der Waals surface area contributed by atoms with Gasteiger partial charge in [0.2, 0.25) is 0 Å². The van der Waals surface area contributed by atoms with Crippen LogP contribution in [0.15, 0.2) is 12.1 Å². The van der Waals surface area contributed by atoms with E-state index in [1.54, 1.807) is 4.90 Å². The van der Waals surface area contributed by atoms with Crippen molar-refractivity contribution >= 4 is 27.7 Å². The van der Waals surface area contributed by atoms with Crippen LogP contribution in [0.2, 0.25) is 0 Å². The molecule has 1 aromatic heterocycles. The third-order valence-electron chi connectivity index (χ3n) is 3.37. The lowest BCUT2D eigenvalue weighted by atomic mass is 10.3. The van der Waals surface area contributed by atoms with Crippen LogP contribution in [-0.4, -0.2) is 63.7 Å². The van der Waals surface area contributed by atoms with Crippen molar-refractivity contribution in [1.29, 1.82) is 0 Å². The van der Waals surface area contributed by atoms with Crippen LogP contribution in [0.5, 0.6) is 0 Å². The van der Waals surface area contributed by atoms with E-state index >= 15 is 0 Å². The number of carbonyl (C=O) groups excluding carboxylic acids is 1. The number of nitro groups is 1. The Balaban J connectivity index is 1.99. The van der Waals surface area contributed by atoms with E-state index in [-0.39, 0.29) is 17.4 Å². The number of H-pyrrole nitrogens is 1. The van der Waals surface area contributed by atoms with Gasteiger partial charge in [0.05, 0.1) is 0 Å². The van der Waals surface area contributed by atoms with Crippen LogP contribution in [0.25, 0.3) is 0 Å². The standard InChI is InChI=1S/C12H17BrN4O3/c13-4-7-15-5-1-6-16(9-8-15)12(18)10-2-3-11(14-10)17(19)20/h2-3,14H,1,4-9H2. The van der Waals surface area contributed by atoms with Crippen molar-refractivity contribution < 1.29 is 9.72 Å². The third-order valence-corrected chi connectivity index (χ3v) is 3.73. The first kappa shape index (κ1) is 15.0. The van der Waals surface area contributed by atoms with Crippen molar-refractivity contribution in [3.8, 4) is 0 Å². The van der Waals surface area contributed by atoms with Crippen LogP contribution in [-0.2, 0) is 0 Å². The zero-order chi connectivity index (χ0) is 14.5. The van der Waals surface area contributed by atoms with E-state index in [0.29, 0.717) is 13.1 Å². The average molecular weight is 345 g/mol. The van der Waals surface area contributed by atoms with Gasteiger partial charge in [-0.3, -0.25) is 4.79 Å². The summed E-state index contributed by atoms with van der Waals surface area (Å²) in [6.45, 7) is 4.11. The van der Waals surface area contributed by atoms with Gasteiger partial charge >= 0.3 is 5.82 Å². The molecule has 2 heterocycles. The molecule has 7 nitrogen and oxygen atoms in total. The predicted molar refractivity (Wildman–Crippen MR) is 78.2 cm³/mol. The first-order chi connectivity index (χ1) is 9.61. The van der Waals surface area contributed by atoms with Gasteiger partial charge in [0.15, 0.2) is 5.69 Å². The Bertz CT molecular complexity index is 491. The van der Waals surface area contributed by atoms with E-state index in [1.807, 2.05) is 0 Å². The quantitative estimate of drug-likeness (QED) is 0.509. The van der Waals surface area contributed by atoms with Crippen LogP contribution < -0.4 is 0 Å². The summed E-state index contributed by atoms with van der Waals surface area (Å²) in [5.41, 5.74) is 0.283. The minimum atomic E-state index is -0.531. The van der Waals surface area contributed by atoms with Gasteiger partial charge in [0.25, 0.3) is 5.91 Å². The summed E-state index contributed by atoms with van der Waals surface area (Å²) < 4.78 is 0. The molecule has 1 N–H and O–H groups in total. The first-order valence-corrected chi connectivity index (χ1v) is 7.65. The molecule has 1 amide bonds. The Morgan fingerprint density at radius 3 is 2.80 bits per heavy atom. The van der Waals surface area contributed by atoms with Crippen LogP contribution >= 0.6 is 15.9 Å². The number of alkyl halides is 1. The van der Waals surface area contributed by atoms with Gasteiger partial charge in [-0.05, 0) is 24.0 Å². The Kier molecular flexibility index (Phi) is 5.13. The molecule has 20 heavy (non-hydrogen) atoms. The summed E-state index contributed by atoms with van der Waals surface area (Å²) in [7, 11) is 0. The van der Waals surface area contributed by atoms with E-state index in [2.05, 4.69) is 25.8 Å². The maximum atomic E-state index is 12.3. The number of nitrogens with zero attached hydrogens (tertiary/aromatic N) is 3. The third kappa shape index (κ3) is 3.57. The lowest BCUT2D eigenvalue weighted by Crippen LogP contribution is -2.35. The Morgan fingerprint density at radius 1 is 1.35 bits per heavy atom. The molecule has 0 radical (unpaired) electrons. The molecule has 1 aromatic rings. The monoisotopic (exact) mass is 344 g/mol. The highest BCUT2D eigenvalue weighted by molar-refractivity contribution is 9.09. The van der Waals surface area contributed by atoms with Gasteiger partial charge < -0.3 is 19.9 Å². The minimum absolute atomic E-state index is 0.149. The highest BCUT2D eigenvalue weighted by atomic mass is 79.9. The SMILES string of the molecule is O=C(c1ccc([N+](=O)[O-])[nH]1)N1CCCN(CCBr)CC1. The number of aromatic amines is 1. The summed E-state index contributed by atoms with van der Waals surface area (Å²) in [5.74, 6) is -0.317. The molecule has 1 saturated heterocycles. The topological polar surface area (TPSA) is 82.5 Å². The van der Waals surface area contributed by atoms with Crippen molar-refractivity contribution in [2.24, 2.45) is 0 Å². The molecule has 1 aliphatic heterocycles. The van der Waals surface area contributed by atoms with Crippen molar-refractivity contribution in [3.05, 3.63) is 27.9 Å². The number of hydrogen-bond donors (Lipinski definition) is 1. The number of rotatable bonds is 4. The number of aromatic nitrogens is 1. The van der Waals surface area contributed by atoms with Crippen molar-refractivity contribution in [2.75, 3.05) is 38.1 Å². The van der Waals surface area contributed by atoms with Crippen molar-refractivity contribution in [1.82, 2.24) is 14.8 Å². The van der Waals surface area contributed by atoms with Crippen LogP contribution in [0.1, 0.15) is 16.9 Å². The smallest absolute Gasteiger partial charge is 0.321 e. The maximum absolute atomic E-state index is 12.3. The molecule has 0 spiro atoms. The summed E-state index contributed by atoms with van der Waals surface area (Å²) in [6, 6.07) is 2.80. The molecular weight excluding hydrogens is 328 g/mol. The Labute approximate surface area is 125 Å². The molecule has 110 valence electrons. The predicted octanol–water partition coefficient (Wildman–Crippen LogP) is 1.47. The lowest BCUT2D eigenvalue weighted by Gasteiger charge is -2.20. The molecule has 0 atom stereocenters. The minimum Gasteiger partial charge on any atom is -0.358 e. The second-order valence-electron chi connectivity index (χ2n) is 4.69. The van der Waals surface area contributed by atoms with E-state index in [1.165, 1.54) is 12.1 Å². The average Bonchev–Trinajstić information content (AvgIpc) is 2.80. The molecule has 1 aliphatic rings. The number of halogens is 1. The molecule has 1 fully saturated rings. The molecule has 0 bridgehead atoms. The fraction of sp³-hybridized carbons (Fsp3) is 0.583. The van der Waals surface area contributed by atoms with Gasteiger partial charge in [-0.15, -0.1) is 0 Å². The number of nitrogens with one attached hydrogen (secondary N) is 1. The molecule has 0 saturated carbocycles. The van der Waals surface area contributed by atoms with E-state index < -0.39 is 4.92 Å². The summed E-state index contributed by atoms with van der Waals surface area (Å²) >= 11 is 3.42. The molecule has 0 aliphatic carbocycles. The molecule has 8 heteroatoms. The van der Waals surface area contributed by atoms with Gasteiger partial charge in [-0.25, -0.2) is 4.98 Å². The summed E-state index contributed by atoms with van der Waals surface area (Å²) in [6.07, 6.45) is 0.918. The fourth-order valence-electron chi connectivity index (χ4n) is 2.30. The zero-order valence-corrected chi connectivity index (χ0v) is 12.6. The van der Waals surface area contributed by atoms with E-state index in [4.69, 9.17) is 0 Å². The Hall–Kier alpha value is -1.41. The van der Waals surface area contributed by atoms with Crippen LogP contribution in [0.4, 0.5) is 5.82 Å². The maximum Gasteiger partial charge on any atom is 0.321 e. The highest BCUT2D eigenvalue weighted by Crippen LogP contribution is 2.13. The second-order valence-corrected chi connectivity index (χ2v) is 5.48. The van der Waals surface area contributed by atoms with Gasteiger partial charge in [0, 0.05) is 37.6 Å².